The Labute approximate surface area is 293 Å². The number of fused-ring (bicyclic) bond motifs is 2. The van der Waals surface area contributed by atoms with E-state index < -0.39 is 6.29 Å². The number of nitrogens with one attached hydrogen (secondary N) is 1. The summed E-state index contributed by atoms with van der Waals surface area (Å²) in [6.45, 7) is 1.27. The average Bonchev–Trinajstić information content (AvgIpc) is 3.90. The van der Waals surface area contributed by atoms with E-state index in [9.17, 15) is 4.79 Å². The molecular formula is C38H33ClN6O5. The van der Waals surface area contributed by atoms with Gasteiger partial charge in [-0.15, -0.1) is 0 Å². The van der Waals surface area contributed by atoms with Crippen LogP contribution in [0.2, 0.25) is 5.15 Å². The molecule has 252 valence electrons. The summed E-state index contributed by atoms with van der Waals surface area (Å²) in [5.41, 5.74) is 13.5. The van der Waals surface area contributed by atoms with Crippen LogP contribution >= 0.6 is 11.6 Å². The summed E-state index contributed by atoms with van der Waals surface area (Å²) in [6, 6.07) is 26.3. The number of imidazole rings is 1. The number of carbonyl (C=O) groups is 1. The van der Waals surface area contributed by atoms with Crippen molar-refractivity contribution in [1.82, 2.24) is 24.8 Å². The molecule has 3 aromatic heterocycles. The number of rotatable bonds is 9. The fourth-order valence-electron chi connectivity index (χ4n) is 6.53. The number of hydrogen-bond acceptors (Lipinski definition) is 9. The Morgan fingerprint density at radius 1 is 1.00 bits per heavy atom. The number of carbonyl (C=O) groups excluding carboxylic acids is 1. The van der Waals surface area contributed by atoms with Crippen LogP contribution in [0.25, 0.3) is 28.2 Å². The van der Waals surface area contributed by atoms with Crippen molar-refractivity contribution in [2.75, 3.05) is 26.1 Å². The number of amides is 1. The molecule has 4 heterocycles. The molecule has 50 heavy (non-hydrogen) atoms. The third kappa shape index (κ3) is 6.11. The summed E-state index contributed by atoms with van der Waals surface area (Å²) in [5, 5.41) is 3.61. The number of ether oxygens (including phenoxy) is 4. The van der Waals surface area contributed by atoms with Crippen LogP contribution in [0.15, 0.2) is 91.1 Å². The van der Waals surface area contributed by atoms with Crippen molar-refractivity contribution in [1.29, 1.82) is 0 Å². The molecule has 1 saturated heterocycles. The summed E-state index contributed by atoms with van der Waals surface area (Å²) < 4.78 is 25.0. The van der Waals surface area contributed by atoms with Gasteiger partial charge in [0.15, 0.2) is 17.8 Å². The highest BCUT2D eigenvalue weighted by atomic mass is 35.5. The molecule has 0 unspecified atom stereocenters. The lowest BCUT2D eigenvalue weighted by atomic mass is 10.1. The van der Waals surface area contributed by atoms with Crippen LogP contribution in [0.3, 0.4) is 0 Å². The SMILES string of the molecule is COc1ccc(COc2ccc(C(=O)N[C@H]3CCc4cc(-n5c(-c6cccnc6N)nc6ccc(Cl)nc65)ccc43)cc2C2OCCO2)cc1. The zero-order valence-electron chi connectivity index (χ0n) is 27.1. The first-order valence-electron chi connectivity index (χ1n) is 16.3. The van der Waals surface area contributed by atoms with E-state index in [1.807, 2.05) is 53.1 Å². The van der Waals surface area contributed by atoms with Gasteiger partial charge >= 0.3 is 0 Å². The molecule has 1 aliphatic heterocycles. The minimum atomic E-state index is -0.616. The smallest absolute Gasteiger partial charge is 0.251 e. The molecular weight excluding hydrogens is 656 g/mol. The Bertz CT molecular complexity index is 2220. The van der Waals surface area contributed by atoms with Crippen molar-refractivity contribution in [2.24, 2.45) is 0 Å². The topological polar surface area (TPSA) is 136 Å². The molecule has 2 aliphatic rings. The Balaban J connectivity index is 1.05. The molecule has 11 nitrogen and oxygen atoms in total. The van der Waals surface area contributed by atoms with E-state index >= 15 is 0 Å². The predicted octanol–water partition coefficient (Wildman–Crippen LogP) is 6.77. The third-order valence-electron chi connectivity index (χ3n) is 9.02. The lowest BCUT2D eigenvalue weighted by Crippen LogP contribution is -2.27. The van der Waals surface area contributed by atoms with Gasteiger partial charge in [0.1, 0.15) is 34.6 Å². The molecule has 0 radical (unpaired) electrons. The van der Waals surface area contributed by atoms with Gasteiger partial charge in [0, 0.05) is 17.4 Å². The van der Waals surface area contributed by atoms with Crippen LogP contribution < -0.4 is 20.5 Å². The predicted molar refractivity (Wildman–Crippen MR) is 188 cm³/mol. The van der Waals surface area contributed by atoms with Crippen molar-refractivity contribution in [2.45, 2.75) is 31.8 Å². The third-order valence-corrected chi connectivity index (χ3v) is 9.23. The zero-order chi connectivity index (χ0) is 34.2. The number of benzene rings is 3. The standard InChI is InChI=1S/C38H33ClN6O5/c1-47-26-9-4-22(5-10-26)21-50-32-14-7-24(20-29(32)38-48-17-18-49-38)37(46)43-30-12-6-23-19-25(8-11-27(23)30)45-35(28-3-2-16-41-34(28)40)42-31-13-15-33(39)44-36(31)45/h2-5,7-11,13-16,19-20,30,38H,6,12,17-18,21H2,1H3,(H2,40,41)(H,43,46)/t30-/m0/s1. The first kappa shape index (κ1) is 31.8. The molecule has 3 N–H and O–H groups in total. The number of nitrogen functional groups attached to an aromatic ring is 1. The number of anilines is 1. The number of nitrogens with two attached hydrogens (primary N) is 1. The molecule has 6 aromatic rings. The number of methoxy groups -OCH3 is 1. The van der Waals surface area contributed by atoms with Crippen LogP contribution in [0.1, 0.15) is 51.4 Å². The molecule has 12 heteroatoms. The van der Waals surface area contributed by atoms with Crippen molar-refractivity contribution >= 4 is 34.5 Å². The number of pyridine rings is 2. The highest BCUT2D eigenvalue weighted by Gasteiger charge is 2.28. The van der Waals surface area contributed by atoms with Gasteiger partial charge < -0.3 is 30.0 Å². The highest BCUT2D eigenvalue weighted by Crippen LogP contribution is 2.37. The minimum Gasteiger partial charge on any atom is -0.497 e. The van der Waals surface area contributed by atoms with Crippen LogP contribution in [-0.2, 0) is 22.5 Å². The van der Waals surface area contributed by atoms with Gasteiger partial charge in [-0.3, -0.25) is 9.36 Å². The van der Waals surface area contributed by atoms with Gasteiger partial charge in [0.25, 0.3) is 5.91 Å². The summed E-state index contributed by atoms with van der Waals surface area (Å²) in [4.78, 5) is 27.4. The van der Waals surface area contributed by atoms with E-state index in [-0.39, 0.29) is 11.9 Å². The van der Waals surface area contributed by atoms with Gasteiger partial charge in [-0.05, 0) is 96.3 Å². The quantitative estimate of drug-likeness (QED) is 0.158. The van der Waals surface area contributed by atoms with E-state index in [1.165, 1.54) is 0 Å². The van der Waals surface area contributed by atoms with Crippen molar-refractivity contribution in [3.63, 3.8) is 0 Å². The van der Waals surface area contributed by atoms with Gasteiger partial charge in [-0.1, -0.05) is 29.8 Å². The molecule has 1 fully saturated rings. The maximum absolute atomic E-state index is 13.7. The number of aromatic nitrogens is 4. The molecule has 3 aromatic carbocycles. The Hall–Kier alpha value is -5.49. The number of halogens is 1. The van der Waals surface area contributed by atoms with Gasteiger partial charge in [-0.25, -0.2) is 15.0 Å². The summed E-state index contributed by atoms with van der Waals surface area (Å²) >= 11 is 6.33. The van der Waals surface area contributed by atoms with E-state index in [2.05, 4.69) is 27.4 Å². The average molecular weight is 689 g/mol. The molecule has 1 amide bonds. The van der Waals surface area contributed by atoms with E-state index in [1.54, 1.807) is 37.6 Å². The largest absolute Gasteiger partial charge is 0.497 e. The number of nitrogens with zero attached hydrogens (tertiary/aromatic N) is 4. The molecule has 8 rings (SSSR count). The summed E-state index contributed by atoms with van der Waals surface area (Å²) in [6.07, 6.45) is 2.57. The Morgan fingerprint density at radius 2 is 1.84 bits per heavy atom. The van der Waals surface area contributed by atoms with Crippen molar-refractivity contribution in [3.05, 3.63) is 124 Å². The van der Waals surface area contributed by atoms with Crippen LogP contribution in [-0.4, -0.2) is 45.7 Å². The first-order chi connectivity index (χ1) is 24.4. The number of hydrogen-bond donors (Lipinski definition) is 2. The van der Waals surface area contributed by atoms with Crippen molar-refractivity contribution in [3.8, 4) is 28.6 Å². The molecule has 0 saturated carbocycles. The molecule has 1 aliphatic carbocycles. The fraction of sp³-hybridized carbons (Fsp3) is 0.211. The summed E-state index contributed by atoms with van der Waals surface area (Å²) in [5.74, 6) is 2.16. The van der Waals surface area contributed by atoms with Crippen LogP contribution in [0, 0.1) is 0 Å². The second kappa shape index (κ2) is 13.4. The molecule has 0 bridgehead atoms. The number of aryl methyl sites for hydroxylation is 1. The second-order valence-corrected chi connectivity index (χ2v) is 12.5. The maximum Gasteiger partial charge on any atom is 0.251 e. The minimum absolute atomic E-state index is 0.166. The Kier molecular flexibility index (Phi) is 8.53. The van der Waals surface area contributed by atoms with Gasteiger partial charge in [0.2, 0.25) is 0 Å². The van der Waals surface area contributed by atoms with Gasteiger partial charge in [-0.2, -0.15) is 0 Å². The molecule has 0 spiro atoms. The van der Waals surface area contributed by atoms with Gasteiger partial charge in [0.05, 0.1) is 37.5 Å². The van der Waals surface area contributed by atoms with E-state index in [0.717, 1.165) is 41.0 Å². The lowest BCUT2D eigenvalue weighted by Gasteiger charge is -2.19. The van der Waals surface area contributed by atoms with Crippen LogP contribution in [0.4, 0.5) is 5.82 Å². The maximum atomic E-state index is 13.7. The zero-order valence-corrected chi connectivity index (χ0v) is 27.9. The monoisotopic (exact) mass is 688 g/mol. The fourth-order valence-corrected chi connectivity index (χ4v) is 6.67. The highest BCUT2D eigenvalue weighted by molar-refractivity contribution is 6.29. The lowest BCUT2D eigenvalue weighted by molar-refractivity contribution is -0.0459. The Morgan fingerprint density at radius 3 is 2.64 bits per heavy atom. The van der Waals surface area contributed by atoms with E-state index in [4.69, 9.17) is 41.3 Å². The van der Waals surface area contributed by atoms with Crippen molar-refractivity contribution < 1.29 is 23.7 Å². The van der Waals surface area contributed by atoms with E-state index in [0.29, 0.717) is 70.2 Å². The van der Waals surface area contributed by atoms with Crippen LogP contribution in [0.5, 0.6) is 11.5 Å². The normalized spacial score (nSPS) is 15.7. The summed E-state index contributed by atoms with van der Waals surface area (Å²) in [7, 11) is 1.63. The second-order valence-electron chi connectivity index (χ2n) is 12.1. The molecule has 1 atom stereocenters. The first-order valence-corrected chi connectivity index (χ1v) is 16.7.